The molecular weight excluding hydrogens is 288 g/mol. The zero-order valence-corrected chi connectivity index (χ0v) is 13.6. The average molecular weight is 310 g/mol. The van der Waals surface area contributed by atoms with E-state index in [4.69, 9.17) is 0 Å². The van der Waals surface area contributed by atoms with Gasteiger partial charge < -0.3 is 10.2 Å². The molecule has 1 N–H and O–H groups in total. The van der Waals surface area contributed by atoms with E-state index in [0.717, 1.165) is 31.6 Å². The highest BCUT2D eigenvalue weighted by Gasteiger charge is 2.23. The normalized spacial score (nSPS) is 15.5. The highest BCUT2D eigenvalue weighted by molar-refractivity contribution is 5.93. The van der Waals surface area contributed by atoms with Gasteiger partial charge in [0.25, 0.3) is 5.91 Å². The Hall–Kier alpha value is -2.43. The Morgan fingerprint density at radius 2 is 1.87 bits per heavy atom. The van der Waals surface area contributed by atoms with Crippen molar-refractivity contribution in [1.82, 2.24) is 14.9 Å². The summed E-state index contributed by atoms with van der Waals surface area (Å²) in [6.07, 6.45) is 2.12. The largest absolute Gasteiger partial charge is 0.340 e. The van der Waals surface area contributed by atoms with E-state index in [9.17, 15) is 4.79 Å². The molecule has 1 aromatic heterocycles. The maximum atomic E-state index is 12.7. The number of rotatable bonds is 3. The second-order valence-corrected chi connectivity index (χ2v) is 6.15. The van der Waals surface area contributed by atoms with E-state index < -0.39 is 0 Å². The average Bonchev–Trinajstić information content (AvgIpc) is 2.55. The van der Waals surface area contributed by atoms with Gasteiger partial charge in [0.05, 0.1) is 0 Å². The summed E-state index contributed by atoms with van der Waals surface area (Å²) in [6, 6.07) is 11.5. The first kappa shape index (κ1) is 15.5. The number of anilines is 2. The van der Waals surface area contributed by atoms with Gasteiger partial charge in [0.1, 0.15) is 17.3 Å². The number of nitrogens with one attached hydrogen (secondary N) is 1. The summed E-state index contributed by atoms with van der Waals surface area (Å²) in [6.45, 7) is 5.67. The lowest BCUT2D eigenvalue weighted by atomic mass is 9.99. The van der Waals surface area contributed by atoms with E-state index in [0.29, 0.717) is 23.3 Å². The van der Waals surface area contributed by atoms with Crippen LogP contribution in [0, 0.1) is 12.8 Å². The Morgan fingerprint density at radius 3 is 2.57 bits per heavy atom. The topological polar surface area (TPSA) is 58.1 Å². The first-order chi connectivity index (χ1) is 11.1. The number of hydrogen-bond acceptors (Lipinski definition) is 4. The molecule has 0 unspecified atom stereocenters. The molecular formula is C18H22N4O. The summed E-state index contributed by atoms with van der Waals surface area (Å²) >= 11 is 0. The van der Waals surface area contributed by atoms with Gasteiger partial charge in [0.2, 0.25) is 0 Å². The summed E-state index contributed by atoms with van der Waals surface area (Å²) in [7, 11) is 0. The van der Waals surface area contributed by atoms with Crippen LogP contribution >= 0.6 is 0 Å². The Balaban J connectivity index is 1.78. The minimum atomic E-state index is -0.00138. The second kappa shape index (κ2) is 6.77. The Morgan fingerprint density at radius 1 is 1.17 bits per heavy atom. The van der Waals surface area contributed by atoms with E-state index in [1.165, 1.54) is 0 Å². The predicted octanol–water partition coefficient (Wildman–Crippen LogP) is 3.40. The lowest BCUT2D eigenvalue weighted by molar-refractivity contribution is 0.0691. The molecule has 0 radical (unpaired) electrons. The molecule has 1 aromatic carbocycles. The fourth-order valence-corrected chi connectivity index (χ4v) is 2.78. The molecule has 2 heterocycles. The van der Waals surface area contributed by atoms with Crippen LogP contribution in [0.5, 0.6) is 0 Å². The molecule has 5 nitrogen and oxygen atoms in total. The van der Waals surface area contributed by atoms with Gasteiger partial charge in [-0.3, -0.25) is 4.79 Å². The smallest absolute Gasteiger partial charge is 0.272 e. The van der Waals surface area contributed by atoms with Gasteiger partial charge in [-0.25, -0.2) is 9.97 Å². The monoisotopic (exact) mass is 310 g/mol. The van der Waals surface area contributed by atoms with Gasteiger partial charge in [0.15, 0.2) is 0 Å². The summed E-state index contributed by atoms with van der Waals surface area (Å²) < 4.78 is 0. The van der Waals surface area contributed by atoms with Crippen LogP contribution in [0.1, 0.15) is 36.1 Å². The number of aryl methyl sites for hydroxylation is 1. The molecule has 2 aromatic rings. The molecule has 0 bridgehead atoms. The van der Waals surface area contributed by atoms with E-state index in [1.807, 2.05) is 42.2 Å². The molecule has 1 amide bonds. The fourth-order valence-electron chi connectivity index (χ4n) is 2.78. The van der Waals surface area contributed by atoms with Crippen LogP contribution in [0.15, 0.2) is 36.4 Å². The number of amides is 1. The van der Waals surface area contributed by atoms with Gasteiger partial charge in [-0.05, 0) is 37.8 Å². The molecule has 0 aliphatic carbocycles. The van der Waals surface area contributed by atoms with Gasteiger partial charge in [-0.2, -0.15) is 0 Å². The molecule has 3 rings (SSSR count). The third kappa shape index (κ3) is 3.86. The molecule has 5 heteroatoms. The standard InChI is InChI=1S/C18H22N4O/c1-13-8-10-22(11-9-13)18(23)16-12-17(20-14(2)19-16)21-15-6-4-3-5-7-15/h3-7,12-13H,8-11H2,1-2H3,(H,19,20,21). The zero-order valence-electron chi connectivity index (χ0n) is 13.6. The predicted molar refractivity (Wildman–Crippen MR) is 90.8 cm³/mol. The van der Waals surface area contributed by atoms with Crippen molar-refractivity contribution in [2.24, 2.45) is 5.92 Å². The maximum absolute atomic E-state index is 12.7. The Kier molecular flexibility index (Phi) is 4.55. The quantitative estimate of drug-likeness (QED) is 0.944. The molecule has 23 heavy (non-hydrogen) atoms. The molecule has 0 spiro atoms. The van der Waals surface area contributed by atoms with Crippen molar-refractivity contribution in [1.29, 1.82) is 0 Å². The Bertz CT molecular complexity index is 679. The van der Waals surface area contributed by atoms with Crippen LogP contribution in [0.2, 0.25) is 0 Å². The molecule has 0 atom stereocenters. The molecule has 0 saturated carbocycles. The molecule has 1 aliphatic heterocycles. The molecule has 1 saturated heterocycles. The number of hydrogen-bond donors (Lipinski definition) is 1. The van der Waals surface area contributed by atoms with Crippen LogP contribution < -0.4 is 5.32 Å². The van der Waals surface area contributed by atoms with Gasteiger partial charge in [-0.15, -0.1) is 0 Å². The van der Waals surface area contributed by atoms with Crippen molar-refractivity contribution < 1.29 is 4.79 Å². The number of benzene rings is 1. The minimum absolute atomic E-state index is 0.00138. The number of piperidine rings is 1. The number of aromatic nitrogens is 2. The van der Waals surface area contributed by atoms with Crippen molar-refractivity contribution in [3.8, 4) is 0 Å². The maximum Gasteiger partial charge on any atom is 0.272 e. The second-order valence-electron chi connectivity index (χ2n) is 6.15. The summed E-state index contributed by atoms with van der Waals surface area (Å²) in [5.74, 6) is 1.94. The van der Waals surface area contributed by atoms with Crippen LogP contribution in [0.3, 0.4) is 0 Å². The molecule has 1 aliphatic rings. The molecule has 1 fully saturated rings. The lowest BCUT2D eigenvalue weighted by Crippen LogP contribution is -2.38. The van der Waals surface area contributed by atoms with E-state index >= 15 is 0 Å². The number of carbonyl (C=O) groups is 1. The number of nitrogens with zero attached hydrogens (tertiary/aromatic N) is 3. The third-order valence-corrected chi connectivity index (χ3v) is 4.17. The van der Waals surface area contributed by atoms with Crippen LogP contribution in [-0.4, -0.2) is 33.9 Å². The van der Waals surface area contributed by atoms with Gasteiger partial charge in [-0.1, -0.05) is 25.1 Å². The first-order valence-electron chi connectivity index (χ1n) is 8.09. The van der Waals surface area contributed by atoms with Crippen molar-refractivity contribution in [2.45, 2.75) is 26.7 Å². The molecule has 120 valence electrons. The zero-order chi connectivity index (χ0) is 16.2. The van der Waals surface area contributed by atoms with Crippen molar-refractivity contribution in [3.63, 3.8) is 0 Å². The summed E-state index contributed by atoms with van der Waals surface area (Å²) in [4.78, 5) is 23.3. The highest BCUT2D eigenvalue weighted by Crippen LogP contribution is 2.19. The van der Waals surface area contributed by atoms with Crippen molar-refractivity contribution in [2.75, 3.05) is 18.4 Å². The SMILES string of the molecule is Cc1nc(Nc2ccccc2)cc(C(=O)N2CCC(C)CC2)n1. The van der Waals surface area contributed by atoms with Gasteiger partial charge in [0, 0.05) is 24.8 Å². The van der Waals surface area contributed by atoms with Gasteiger partial charge >= 0.3 is 0 Å². The fraction of sp³-hybridized carbons (Fsp3) is 0.389. The highest BCUT2D eigenvalue weighted by atomic mass is 16.2. The third-order valence-electron chi connectivity index (χ3n) is 4.17. The van der Waals surface area contributed by atoms with Crippen molar-refractivity contribution >= 4 is 17.4 Å². The van der Waals surface area contributed by atoms with Crippen molar-refractivity contribution in [3.05, 3.63) is 47.9 Å². The number of para-hydroxylation sites is 1. The van der Waals surface area contributed by atoms with E-state index in [2.05, 4.69) is 22.2 Å². The van der Waals surface area contributed by atoms with E-state index in [1.54, 1.807) is 6.07 Å². The van der Waals surface area contributed by atoms with E-state index in [-0.39, 0.29) is 5.91 Å². The number of likely N-dealkylation sites (tertiary alicyclic amines) is 1. The van der Waals surface area contributed by atoms with Crippen LogP contribution in [-0.2, 0) is 0 Å². The van der Waals surface area contributed by atoms with Crippen LogP contribution in [0.4, 0.5) is 11.5 Å². The van der Waals surface area contributed by atoms with Crippen LogP contribution in [0.25, 0.3) is 0 Å². The Labute approximate surface area is 136 Å². The first-order valence-corrected chi connectivity index (χ1v) is 8.09. The minimum Gasteiger partial charge on any atom is -0.340 e. The lowest BCUT2D eigenvalue weighted by Gasteiger charge is -2.30. The summed E-state index contributed by atoms with van der Waals surface area (Å²) in [5, 5.41) is 3.23. The number of carbonyl (C=O) groups excluding carboxylic acids is 1. The summed E-state index contributed by atoms with van der Waals surface area (Å²) in [5.41, 5.74) is 1.40.